The average Bonchev–Trinajstić information content (AvgIpc) is 2.04. The van der Waals surface area contributed by atoms with Gasteiger partial charge in [0.2, 0.25) is 0 Å². The Morgan fingerprint density at radius 1 is 1.46 bits per heavy atom. The van der Waals surface area contributed by atoms with Gasteiger partial charge in [0.05, 0.1) is 12.4 Å². The zero-order valence-electron chi connectivity index (χ0n) is 7.39. The Morgan fingerprint density at radius 3 is 2.54 bits per heavy atom. The summed E-state index contributed by atoms with van der Waals surface area (Å²) in [5, 5.41) is 0. The van der Waals surface area contributed by atoms with Crippen LogP contribution < -0.4 is 10.6 Å². The number of primary amides is 1. The number of nitrogens with two attached hydrogens (primary N) is 1. The molecule has 1 aromatic heterocycles. The van der Waals surface area contributed by atoms with Crippen LogP contribution in [0, 0.1) is 0 Å². The van der Waals surface area contributed by atoms with Crippen molar-refractivity contribution in [1.82, 2.24) is 9.97 Å². The van der Waals surface area contributed by atoms with Crippen LogP contribution in [0.5, 0.6) is 0 Å². The molecule has 0 unspecified atom stereocenters. The van der Waals surface area contributed by atoms with Crippen LogP contribution in [0.2, 0.25) is 0 Å². The molecule has 0 fully saturated rings. The van der Waals surface area contributed by atoms with Crippen LogP contribution >= 0.6 is 12.4 Å². The van der Waals surface area contributed by atoms with Crippen molar-refractivity contribution in [3.8, 4) is 0 Å². The Bertz CT molecular complexity index is 302. The molecular formula is C7H11ClN4O. The van der Waals surface area contributed by atoms with E-state index < -0.39 is 5.91 Å². The minimum Gasteiger partial charge on any atom is -0.364 e. The SMILES string of the molecule is CN(C)c1cncc(C(N)=O)n1.Cl. The summed E-state index contributed by atoms with van der Waals surface area (Å²) >= 11 is 0. The fraction of sp³-hybridized carbons (Fsp3) is 0.286. The lowest BCUT2D eigenvalue weighted by atomic mass is 10.4. The van der Waals surface area contributed by atoms with E-state index in [0.29, 0.717) is 5.82 Å². The number of hydrogen-bond donors (Lipinski definition) is 1. The number of aromatic nitrogens is 2. The molecule has 0 spiro atoms. The Morgan fingerprint density at radius 2 is 2.08 bits per heavy atom. The number of carbonyl (C=O) groups is 1. The highest BCUT2D eigenvalue weighted by Gasteiger charge is 2.04. The predicted molar refractivity (Wildman–Crippen MR) is 52.1 cm³/mol. The molecule has 1 rings (SSSR count). The highest BCUT2D eigenvalue weighted by atomic mass is 35.5. The van der Waals surface area contributed by atoms with Crippen molar-refractivity contribution in [2.75, 3.05) is 19.0 Å². The van der Waals surface area contributed by atoms with Gasteiger partial charge in [-0.2, -0.15) is 0 Å². The fourth-order valence-electron chi connectivity index (χ4n) is 0.690. The summed E-state index contributed by atoms with van der Waals surface area (Å²) in [6, 6.07) is 0. The van der Waals surface area contributed by atoms with Crippen LogP contribution in [0.1, 0.15) is 10.5 Å². The average molecular weight is 203 g/mol. The van der Waals surface area contributed by atoms with Gasteiger partial charge < -0.3 is 10.6 Å². The Labute approximate surface area is 82.4 Å². The molecule has 0 aliphatic heterocycles. The first-order chi connectivity index (χ1) is 5.61. The first kappa shape index (κ1) is 11.6. The van der Waals surface area contributed by atoms with Gasteiger partial charge in [0.25, 0.3) is 5.91 Å². The fourth-order valence-corrected chi connectivity index (χ4v) is 0.690. The van der Waals surface area contributed by atoms with Crippen molar-refractivity contribution in [1.29, 1.82) is 0 Å². The maximum absolute atomic E-state index is 10.7. The molecule has 13 heavy (non-hydrogen) atoms. The molecular weight excluding hydrogens is 192 g/mol. The molecule has 72 valence electrons. The molecule has 1 amide bonds. The van der Waals surface area contributed by atoms with Crippen LogP contribution in [0.3, 0.4) is 0 Å². The summed E-state index contributed by atoms with van der Waals surface area (Å²) in [6.07, 6.45) is 2.90. The van der Waals surface area contributed by atoms with E-state index in [0.717, 1.165) is 0 Å². The first-order valence-electron chi connectivity index (χ1n) is 3.40. The van der Waals surface area contributed by atoms with E-state index in [1.807, 2.05) is 14.1 Å². The van der Waals surface area contributed by atoms with E-state index in [2.05, 4.69) is 9.97 Å². The normalized spacial score (nSPS) is 8.77. The Hall–Kier alpha value is -1.36. The third-order valence-corrected chi connectivity index (χ3v) is 1.33. The monoisotopic (exact) mass is 202 g/mol. The van der Waals surface area contributed by atoms with E-state index in [4.69, 9.17) is 5.73 Å². The van der Waals surface area contributed by atoms with E-state index in [1.165, 1.54) is 6.20 Å². The number of anilines is 1. The largest absolute Gasteiger partial charge is 0.364 e. The van der Waals surface area contributed by atoms with Gasteiger partial charge in [-0.05, 0) is 0 Å². The lowest BCUT2D eigenvalue weighted by Gasteiger charge is -2.09. The molecule has 5 nitrogen and oxygen atoms in total. The van der Waals surface area contributed by atoms with Crippen LogP contribution in [-0.2, 0) is 0 Å². The predicted octanol–water partition coefficient (Wildman–Crippen LogP) is 0.0633. The third kappa shape index (κ3) is 2.87. The van der Waals surface area contributed by atoms with Crippen molar-refractivity contribution >= 4 is 24.1 Å². The second-order valence-corrected chi connectivity index (χ2v) is 2.52. The van der Waals surface area contributed by atoms with Gasteiger partial charge in [-0.3, -0.25) is 9.78 Å². The zero-order valence-corrected chi connectivity index (χ0v) is 8.21. The van der Waals surface area contributed by atoms with Crippen molar-refractivity contribution in [3.63, 3.8) is 0 Å². The lowest BCUT2D eigenvalue weighted by molar-refractivity contribution is 0.0995. The molecule has 0 aliphatic rings. The topological polar surface area (TPSA) is 72.1 Å². The van der Waals surface area contributed by atoms with Crippen LogP contribution in [0.15, 0.2) is 12.4 Å². The Kier molecular flexibility index (Phi) is 4.13. The van der Waals surface area contributed by atoms with Gasteiger partial charge in [-0.1, -0.05) is 0 Å². The molecule has 6 heteroatoms. The number of carbonyl (C=O) groups excluding carboxylic acids is 1. The van der Waals surface area contributed by atoms with E-state index in [1.54, 1.807) is 11.1 Å². The lowest BCUT2D eigenvalue weighted by Crippen LogP contribution is -2.17. The molecule has 0 aliphatic carbocycles. The van der Waals surface area contributed by atoms with Gasteiger partial charge in [0.15, 0.2) is 0 Å². The van der Waals surface area contributed by atoms with Gasteiger partial charge >= 0.3 is 0 Å². The summed E-state index contributed by atoms with van der Waals surface area (Å²) in [5.74, 6) is 0.0532. The minimum absolute atomic E-state index is 0. The second-order valence-electron chi connectivity index (χ2n) is 2.52. The molecule has 2 N–H and O–H groups in total. The number of amides is 1. The molecule has 0 bridgehead atoms. The number of hydrogen-bond acceptors (Lipinski definition) is 4. The maximum Gasteiger partial charge on any atom is 0.268 e. The maximum atomic E-state index is 10.7. The summed E-state index contributed by atoms with van der Waals surface area (Å²) < 4.78 is 0. The van der Waals surface area contributed by atoms with Crippen molar-refractivity contribution in [2.45, 2.75) is 0 Å². The number of halogens is 1. The van der Waals surface area contributed by atoms with Crippen LogP contribution in [0.25, 0.3) is 0 Å². The molecule has 1 heterocycles. The highest BCUT2D eigenvalue weighted by molar-refractivity contribution is 5.90. The molecule has 0 radical (unpaired) electrons. The first-order valence-corrected chi connectivity index (χ1v) is 3.40. The summed E-state index contributed by atoms with van der Waals surface area (Å²) in [4.78, 5) is 20.2. The molecule has 0 saturated carbocycles. The van der Waals surface area contributed by atoms with Gasteiger partial charge in [0.1, 0.15) is 11.5 Å². The van der Waals surface area contributed by atoms with Crippen molar-refractivity contribution < 1.29 is 4.79 Å². The summed E-state index contributed by atoms with van der Waals surface area (Å²) in [6.45, 7) is 0. The molecule has 0 atom stereocenters. The standard InChI is InChI=1S/C7H10N4O.ClH/c1-11(2)6-4-9-3-5(10-6)7(8)12;/h3-4H,1-2H3,(H2,8,12);1H. The van der Waals surface area contributed by atoms with E-state index in [-0.39, 0.29) is 18.1 Å². The molecule has 1 aromatic rings. The highest BCUT2D eigenvalue weighted by Crippen LogP contribution is 2.04. The van der Waals surface area contributed by atoms with Crippen LogP contribution in [-0.4, -0.2) is 30.0 Å². The zero-order chi connectivity index (χ0) is 9.14. The van der Waals surface area contributed by atoms with Crippen molar-refractivity contribution in [3.05, 3.63) is 18.1 Å². The summed E-state index contributed by atoms with van der Waals surface area (Å²) in [5.41, 5.74) is 5.20. The molecule has 0 saturated heterocycles. The van der Waals surface area contributed by atoms with Crippen molar-refractivity contribution in [2.24, 2.45) is 5.73 Å². The van der Waals surface area contributed by atoms with E-state index >= 15 is 0 Å². The quantitative estimate of drug-likeness (QED) is 0.737. The van der Waals surface area contributed by atoms with Gasteiger partial charge in [0, 0.05) is 14.1 Å². The second kappa shape index (κ2) is 4.61. The van der Waals surface area contributed by atoms with Gasteiger partial charge in [-0.25, -0.2) is 4.98 Å². The van der Waals surface area contributed by atoms with Gasteiger partial charge in [-0.15, -0.1) is 12.4 Å². The summed E-state index contributed by atoms with van der Waals surface area (Å²) in [7, 11) is 3.63. The number of nitrogens with zero attached hydrogens (tertiary/aromatic N) is 3. The third-order valence-electron chi connectivity index (χ3n) is 1.33. The number of rotatable bonds is 2. The van der Waals surface area contributed by atoms with Crippen LogP contribution in [0.4, 0.5) is 5.82 Å². The Balaban J connectivity index is 0.00000144. The van der Waals surface area contributed by atoms with E-state index in [9.17, 15) is 4.79 Å². The smallest absolute Gasteiger partial charge is 0.268 e. The minimum atomic E-state index is -0.564. The molecule has 0 aromatic carbocycles.